The van der Waals surface area contributed by atoms with Gasteiger partial charge in [0, 0.05) is 6.20 Å². The van der Waals surface area contributed by atoms with Crippen molar-refractivity contribution in [2.24, 2.45) is 0 Å². The van der Waals surface area contributed by atoms with E-state index in [9.17, 15) is 22.6 Å². The number of halogens is 1. The molecule has 0 spiro atoms. The van der Waals surface area contributed by atoms with Crippen LogP contribution in [-0.2, 0) is 14.8 Å². The predicted molar refractivity (Wildman–Crippen MR) is 101 cm³/mol. The van der Waals surface area contributed by atoms with Crippen molar-refractivity contribution in [3.63, 3.8) is 0 Å². The van der Waals surface area contributed by atoms with Crippen LogP contribution in [0.4, 0.5) is 10.2 Å². The fraction of sp³-hybridized carbons (Fsp3) is 0.176. The molecule has 0 fully saturated rings. The van der Waals surface area contributed by atoms with E-state index in [0.717, 1.165) is 4.22 Å². The molecule has 0 radical (unpaired) electrons. The van der Waals surface area contributed by atoms with E-state index >= 15 is 0 Å². The van der Waals surface area contributed by atoms with Gasteiger partial charge in [-0.2, -0.15) is 0 Å². The third kappa shape index (κ3) is 3.34. The molecule has 1 N–H and O–H groups in total. The second-order valence-corrected chi connectivity index (χ2v) is 7.86. The molecule has 0 aliphatic rings. The van der Waals surface area contributed by atoms with Gasteiger partial charge in [-0.15, -0.1) is 0 Å². The molecule has 0 saturated carbocycles. The van der Waals surface area contributed by atoms with Gasteiger partial charge in [0.15, 0.2) is 5.82 Å². The van der Waals surface area contributed by atoms with Crippen LogP contribution in [0.1, 0.15) is 16.1 Å². The molecule has 2 heterocycles. The molecule has 0 aliphatic heterocycles. The number of nitrogens with zero attached hydrogens (tertiary/aromatic N) is 3. The minimum atomic E-state index is -4.22. The number of aromatic nitrogens is 2. The number of carbonyl (C=O) groups is 1. The number of aryl methyl sites for hydroxylation is 1. The first kappa shape index (κ1) is 19.8. The number of anilines is 1. The van der Waals surface area contributed by atoms with Crippen molar-refractivity contribution in [3.05, 3.63) is 59.7 Å². The summed E-state index contributed by atoms with van der Waals surface area (Å²) in [6.07, 6.45) is 1.18. The van der Waals surface area contributed by atoms with Gasteiger partial charge >= 0.3 is 13.0 Å². The Kier molecular flexibility index (Phi) is 5.13. The van der Waals surface area contributed by atoms with Crippen LogP contribution in [0.2, 0.25) is 6.82 Å². The molecule has 0 atom stereocenters. The molecule has 0 bridgehead atoms. The number of imidazole rings is 1. The molecule has 3 aromatic rings. The molecule has 0 saturated heterocycles. The maximum absolute atomic E-state index is 13.5. The lowest BCUT2D eigenvalue weighted by atomic mass is 9.89. The lowest BCUT2D eigenvalue weighted by molar-refractivity contribution is 0.0600. The Morgan fingerprint density at radius 1 is 1.25 bits per heavy atom. The van der Waals surface area contributed by atoms with Crippen molar-refractivity contribution in [1.82, 2.24) is 9.38 Å². The van der Waals surface area contributed by atoms with Crippen LogP contribution in [0.25, 0.3) is 5.65 Å². The van der Waals surface area contributed by atoms with Crippen molar-refractivity contribution < 1.29 is 27.4 Å². The minimum Gasteiger partial charge on any atom is -0.465 e. The van der Waals surface area contributed by atoms with E-state index in [1.807, 2.05) is 0 Å². The molecule has 146 valence electrons. The monoisotopic (exact) mass is 405 g/mol. The maximum atomic E-state index is 13.5. The van der Waals surface area contributed by atoms with Crippen molar-refractivity contribution in [1.29, 1.82) is 0 Å². The Bertz CT molecular complexity index is 1150. The average Bonchev–Trinajstić information content (AvgIpc) is 2.96. The molecule has 0 amide bonds. The van der Waals surface area contributed by atoms with E-state index in [1.54, 1.807) is 6.92 Å². The van der Waals surface area contributed by atoms with Crippen molar-refractivity contribution in [2.75, 3.05) is 11.3 Å². The second-order valence-electron chi connectivity index (χ2n) is 6.05. The number of hydrogen-bond acceptors (Lipinski definition) is 6. The van der Waals surface area contributed by atoms with Gasteiger partial charge in [-0.1, -0.05) is 0 Å². The number of esters is 1. The number of pyridine rings is 1. The highest BCUT2D eigenvalue weighted by atomic mass is 32.2. The fourth-order valence-corrected chi connectivity index (χ4v) is 4.33. The smallest absolute Gasteiger partial charge is 0.426 e. The highest BCUT2D eigenvalue weighted by Crippen LogP contribution is 2.28. The first-order chi connectivity index (χ1) is 13.2. The van der Waals surface area contributed by atoms with Gasteiger partial charge in [0.05, 0.1) is 23.3 Å². The molecular weight excluding hydrogens is 388 g/mol. The van der Waals surface area contributed by atoms with E-state index in [4.69, 9.17) is 0 Å². The molecule has 11 heteroatoms. The molecule has 3 rings (SSSR count). The highest BCUT2D eigenvalue weighted by Gasteiger charge is 2.34. The van der Waals surface area contributed by atoms with E-state index in [2.05, 4.69) is 9.72 Å². The minimum absolute atomic E-state index is 0.0300. The zero-order chi connectivity index (χ0) is 20.6. The van der Waals surface area contributed by atoms with Gasteiger partial charge in [-0.05, 0) is 50.1 Å². The Labute approximate surface area is 161 Å². The number of sulfonamides is 1. The van der Waals surface area contributed by atoms with Crippen molar-refractivity contribution in [2.45, 2.75) is 18.6 Å². The van der Waals surface area contributed by atoms with Crippen LogP contribution in [0, 0.1) is 12.7 Å². The van der Waals surface area contributed by atoms with Crippen molar-refractivity contribution >= 4 is 34.5 Å². The van der Waals surface area contributed by atoms with Crippen LogP contribution < -0.4 is 4.22 Å². The van der Waals surface area contributed by atoms with Crippen LogP contribution in [0.3, 0.4) is 0 Å². The molecule has 0 unspecified atom stereocenters. The maximum Gasteiger partial charge on any atom is 0.426 e. The summed E-state index contributed by atoms with van der Waals surface area (Å²) in [5.41, 5.74) is 0.852. The molecule has 2 aromatic heterocycles. The van der Waals surface area contributed by atoms with E-state index in [0.29, 0.717) is 11.3 Å². The summed E-state index contributed by atoms with van der Waals surface area (Å²) in [6, 6.07) is 7.71. The Hall–Kier alpha value is -2.92. The summed E-state index contributed by atoms with van der Waals surface area (Å²) in [5, 5.41) is 10.2. The Morgan fingerprint density at radius 3 is 2.46 bits per heavy atom. The summed E-state index contributed by atoms with van der Waals surface area (Å²) in [4.78, 5) is 15.6. The zero-order valence-corrected chi connectivity index (χ0v) is 16.1. The average molecular weight is 405 g/mol. The summed E-state index contributed by atoms with van der Waals surface area (Å²) in [7, 11) is -4.45. The van der Waals surface area contributed by atoms with Crippen LogP contribution >= 0.6 is 0 Å². The number of rotatable bonds is 5. The van der Waals surface area contributed by atoms with Gasteiger partial charge in [0.2, 0.25) is 0 Å². The van der Waals surface area contributed by atoms with Gasteiger partial charge in [0.25, 0.3) is 10.0 Å². The Balaban J connectivity index is 2.12. The topological polar surface area (TPSA) is 101 Å². The highest BCUT2D eigenvalue weighted by molar-refractivity contribution is 7.94. The fourth-order valence-electron chi connectivity index (χ4n) is 2.82. The third-order valence-electron chi connectivity index (χ3n) is 4.18. The normalized spacial score (nSPS) is 11.5. The van der Waals surface area contributed by atoms with Crippen molar-refractivity contribution in [3.8, 4) is 0 Å². The lowest BCUT2D eigenvalue weighted by Crippen LogP contribution is -2.43. The van der Waals surface area contributed by atoms with Gasteiger partial charge < -0.3 is 9.76 Å². The predicted octanol–water partition coefficient (Wildman–Crippen LogP) is 1.87. The summed E-state index contributed by atoms with van der Waals surface area (Å²) < 4.78 is 46.6. The SMILES string of the molecule is COC(=O)c1ccc(S(=O)(=O)N(B(C)O)c2nc3ccc(F)cn3c2C)cc1. The number of benzene rings is 1. The van der Waals surface area contributed by atoms with Crippen LogP contribution in [-0.4, -0.2) is 43.0 Å². The summed E-state index contributed by atoms with van der Waals surface area (Å²) in [5.74, 6) is -1.14. The summed E-state index contributed by atoms with van der Waals surface area (Å²) in [6.45, 7) is 2.85. The van der Waals surface area contributed by atoms with E-state index < -0.39 is 28.9 Å². The number of hydrogen-bond donors (Lipinski definition) is 1. The first-order valence-electron chi connectivity index (χ1n) is 8.22. The largest absolute Gasteiger partial charge is 0.465 e. The van der Waals surface area contributed by atoms with Crippen LogP contribution in [0.15, 0.2) is 47.5 Å². The van der Waals surface area contributed by atoms with E-state index in [1.165, 1.54) is 60.9 Å². The number of carbonyl (C=O) groups excluding carboxylic acids is 1. The zero-order valence-electron chi connectivity index (χ0n) is 15.3. The van der Waals surface area contributed by atoms with Gasteiger partial charge in [-0.25, -0.2) is 22.6 Å². The number of ether oxygens (including phenoxy) is 1. The number of methoxy groups -OCH3 is 1. The standard InChI is InChI=1S/C17H17BFN3O5S/c1-11-16(20-15-9-6-13(19)10-21(11)15)22(18(2)24)28(25,26)14-7-4-12(5-8-14)17(23)27-3/h4-10,24H,1-3H3. The molecule has 0 aliphatic carbocycles. The Morgan fingerprint density at radius 2 is 1.89 bits per heavy atom. The number of fused-ring (bicyclic) bond motifs is 1. The van der Waals surface area contributed by atoms with Crippen LogP contribution in [0.5, 0.6) is 0 Å². The molecular formula is C17H17BFN3O5S. The quantitative estimate of drug-likeness (QED) is 0.514. The van der Waals surface area contributed by atoms with Gasteiger partial charge in [-0.3, -0.25) is 8.62 Å². The second kappa shape index (κ2) is 7.25. The lowest BCUT2D eigenvalue weighted by Gasteiger charge is -2.24. The van der Waals surface area contributed by atoms with Gasteiger partial charge in [0.1, 0.15) is 11.5 Å². The summed E-state index contributed by atoms with van der Waals surface area (Å²) >= 11 is 0. The third-order valence-corrected chi connectivity index (χ3v) is 6.04. The molecule has 1 aromatic carbocycles. The first-order valence-corrected chi connectivity index (χ1v) is 9.66. The van der Waals surface area contributed by atoms with E-state index in [-0.39, 0.29) is 16.3 Å². The molecule has 8 nitrogen and oxygen atoms in total. The molecule has 28 heavy (non-hydrogen) atoms.